The molecule has 0 aromatic carbocycles. The van der Waals surface area contributed by atoms with Gasteiger partial charge in [-0.15, -0.1) is 0 Å². The van der Waals surface area contributed by atoms with Gasteiger partial charge in [-0.25, -0.2) is 14.8 Å². The van der Waals surface area contributed by atoms with E-state index in [1.807, 2.05) is 0 Å². The highest BCUT2D eigenvalue weighted by atomic mass is 35.5. The molecule has 2 heterocycles. The van der Waals surface area contributed by atoms with Crippen molar-refractivity contribution in [1.82, 2.24) is 9.97 Å². The minimum atomic E-state index is -1.13. The standard InChI is InChI=1S/C9H4Cl2N2O2/c10-5-1-4-2-6(9(14)15)7(11)13-8(4)12-3-5/h1-3H,(H,14,15). The zero-order chi connectivity index (χ0) is 11.0. The number of hydrogen-bond donors (Lipinski definition) is 1. The third-order valence-electron chi connectivity index (χ3n) is 1.82. The monoisotopic (exact) mass is 242 g/mol. The van der Waals surface area contributed by atoms with Crippen molar-refractivity contribution in [1.29, 1.82) is 0 Å². The number of rotatable bonds is 1. The van der Waals surface area contributed by atoms with Crippen LogP contribution in [0, 0.1) is 0 Å². The van der Waals surface area contributed by atoms with Gasteiger partial charge in [-0.05, 0) is 12.1 Å². The lowest BCUT2D eigenvalue weighted by atomic mass is 10.2. The quantitative estimate of drug-likeness (QED) is 0.782. The number of carboxylic acids is 1. The van der Waals surface area contributed by atoms with Gasteiger partial charge in [0.25, 0.3) is 0 Å². The molecule has 0 saturated heterocycles. The van der Waals surface area contributed by atoms with Crippen LogP contribution in [0.1, 0.15) is 10.4 Å². The van der Waals surface area contributed by atoms with Crippen LogP contribution in [0.15, 0.2) is 18.3 Å². The summed E-state index contributed by atoms with van der Waals surface area (Å²) < 4.78 is 0. The number of aromatic nitrogens is 2. The summed E-state index contributed by atoms with van der Waals surface area (Å²) in [4.78, 5) is 18.5. The summed E-state index contributed by atoms with van der Waals surface area (Å²) >= 11 is 11.4. The molecule has 0 aliphatic rings. The number of halogens is 2. The number of hydrogen-bond acceptors (Lipinski definition) is 3. The van der Waals surface area contributed by atoms with Gasteiger partial charge in [0.05, 0.1) is 10.6 Å². The zero-order valence-electron chi connectivity index (χ0n) is 7.24. The largest absolute Gasteiger partial charge is 0.478 e. The molecule has 0 radical (unpaired) electrons. The minimum absolute atomic E-state index is 0.0618. The van der Waals surface area contributed by atoms with E-state index in [0.717, 1.165) is 0 Å². The fraction of sp³-hybridized carbons (Fsp3) is 0. The minimum Gasteiger partial charge on any atom is -0.478 e. The van der Waals surface area contributed by atoms with Crippen LogP contribution in [0.25, 0.3) is 11.0 Å². The summed E-state index contributed by atoms with van der Waals surface area (Å²) in [5, 5.41) is 9.70. The molecule has 6 heteroatoms. The molecule has 2 aromatic rings. The summed E-state index contributed by atoms with van der Waals surface area (Å²) in [5.74, 6) is -1.13. The molecule has 0 spiro atoms. The predicted molar refractivity (Wildman–Crippen MR) is 56.5 cm³/mol. The number of aromatic carboxylic acids is 1. The van der Waals surface area contributed by atoms with E-state index in [0.29, 0.717) is 16.1 Å². The van der Waals surface area contributed by atoms with Gasteiger partial charge in [0.1, 0.15) is 5.15 Å². The lowest BCUT2D eigenvalue weighted by Gasteiger charge is -2.01. The third kappa shape index (κ3) is 1.86. The molecule has 76 valence electrons. The van der Waals surface area contributed by atoms with Crippen molar-refractivity contribution < 1.29 is 9.90 Å². The average Bonchev–Trinajstić information content (AvgIpc) is 2.17. The summed E-state index contributed by atoms with van der Waals surface area (Å²) in [6, 6.07) is 2.98. The highest BCUT2D eigenvalue weighted by Gasteiger charge is 2.12. The Morgan fingerprint density at radius 2 is 2.07 bits per heavy atom. The maximum atomic E-state index is 10.8. The maximum absolute atomic E-state index is 10.8. The Bertz CT molecular complexity index is 557. The zero-order valence-corrected chi connectivity index (χ0v) is 8.75. The van der Waals surface area contributed by atoms with E-state index in [1.54, 1.807) is 6.07 Å². The average molecular weight is 243 g/mol. The predicted octanol–water partition coefficient (Wildman–Crippen LogP) is 2.63. The molecule has 2 aromatic heterocycles. The molecule has 1 N–H and O–H groups in total. The lowest BCUT2D eigenvalue weighted by Crippen LogP contribution is -1.99. The topological polar surface area (TPSA) is 63.1 Å². The number of pyridine rings is 2. The lowest BCUT2D eigenvalue weighted by molar-refractivity contribution is 0.0697. The molecule has 0 atom stereocenters. The summed E-state index contributed by atoms with van der Waals surface area (Å²) in [7, 11) is 0. The third-order valence-corrected chi connectivity index (χ3v) is 2.31. The molecule has 4 nitrogen and oxygen atoms in total. The van der Waals surface area contributed by atoms with Gasteiger partial charge in [0.2, 0.25) is 0 Å². The summed E-state index contributed by atoms with van der Waals surface area (Å²) in [6.45, 7) is 0. The van der Waals surface area contributed by atoms with E-state index in [2.05, 4.69) is 9.97 Å². The molecular weight excluding hydrogens is 239 g/mol. The number of carbonyl (C=O) groups is 1. The Labute approximate surface area is 94.5 Å². The van der Waals surface area contributed by atoms with Gasteiger partial charge in [-0.2, -0.15) is 0 Å². The fourth-order valence-corrected chi connectivity index (χ4v) is 1.55. The Balaban J connectivity index is 2.77. The Hall–Kier alpha value is -1.39. The van der Waals surface area contributed by atoms with Crippen molar-refractivity contribution in [3.8, 4) is 0 Å². The highest BCUT2D eigenvalue weighted by Crippen LogP contribution is 2.21. The maximum Gasteiger partial charge on any atom is 0.338 e. The van der Waals surface area contributed by atoms with Crippen molar-refractivity contribution in [2.24, 2.45) is 0 Å². The number of fused-ring (bicyclic) bond motifs is 1. The molecule has 0 fully saturated rings. The second-order valence-corrected chi connectivity index (χ2v) is 3.63. The summed E-state index contributed by atoms with van der Waals surface area (Å²) in [5.41, 5.74) is 0.308. The molecule has 0 saturated carbocycles. The van der Waals surface area contributed by atoms with Crippen LogP contribution in [0.3, 0.4) is 0 Å². The van der Waals surface area contributed by atoms with Crippen LogP contribution >= 0.6 is 23.2 Å². The smallest absolute Gasteiger partial charge is 0.338 e. The molecule has 15 heavy (non-hydrogen) atoms. The van der Waals surface area contributed by atoms with Crippen LogP contribution < -0.4 is 0 Å². The van der Waals surface area contributed by atoms with Crippen molar-refractivity contribution in [3.05, 3.63) is 34.1 Å². The second-order valence-electron chi connectivity index (χ2n) is 2.83. The van der Waals surface area contributed by atoms with Gasteiger partial charge in [0, 0.05) is 11.6 Å². The molecule has 0 aliphatic carbocycles. The fourth-order valence-electron chi connectivity index (χ4n) is 1.17. The van der Waals surface area contributed by atoms with E-state index < -0.39 is 5.97 Å². The first-order valence-electron chi connectivity index (χ1n) is 3.93. The summed E-state index contributed by atoms with van der Waals surface area (Å²) in [6.07, 6.45) is 1.42. The normalized spacial score (nSPS) is 10.5. The van der Waals surface area contributed by atoms with Crippen LogP contribution in [0.4, 0.5) is 0 Å². The highest BCUT2D eigenvalue weighted by molar-refractivity contribution is 6.33. The van der Waals surface area contributed by atoms with Gasteiger partial charge in [-0.3, -0.25) is 0 Å². The first kappa shape index (κ1) is 10.1. The molecule has 0 bridgehead atoms. The van der Waals surface area contributed by atoms with Crippen LogP contribution in [0.2, 0.25) is 10.2 Å². The molecule has 0 aliphatic heterocycles. The molecule has 0 amide bonds. The van der Waals surface area contributed by atoms with Crippen molar-refractivity contribution in [2.75, 3.05) is 0 Å². The Kier molecular flexibility index (Phi) is 2.46. The van der Waals surface area contributed by atoms with Gasteiger partial charge >= 0.3 is 5.97 Å². The first-order valence-corrected chi connectivity index (χ1v) is 4.68. The number of nitrogens with zero attached hydrogens (tertiary/aromatic N) is 2. The Morgan fingerprint density at radius 3 is 2.73 bits per heavy atom. The SMILES string of the molecule is O=C(O)c1cc2cc(Cl)cnc2nc1Cl. The van der Waals surface area contributed by atoms with Crippen LogP contribution in [0.5, 0.6) is 0 Å². The van der Waals surface area contributed by atoms with E-state index in [9.17, 15) is 4.79 Å². The molecular formula is C9H4Cl2N2O2. The number of carboxylic acid groups (broad SMARTS) is 1. The van der Waals surface area contributed by atoms with E-state index in [4.69, 9.17) is 28.3 Å². The van der Waals surface area contributed by atoms with E-state index in [1.165, 1.54) is 12.3 Å². The van der Waals surface area contributed by atoms with Gasteiger partial charge < -0.3 is 5.11 Å². The van der Waals surface area contributed by atoms with Crippen LogP contribution in [-0.2, 0) is 0 Å². The van der Waals surface area contributed by atoms with E-state index in [-0.39, 0.29) is 10.7 Å². The van der Waals surface area contributed by atoms with E-state index >= 15 is 0 Å². The van der Waals surface area contributed by atoms with Crippen molar-refractivity contribution in [2.45, 2.75) is 0 Å². The van der Waals surface area contributed by atoms with Crippen LogP contribution in [-0.4, -0.2) is 21.0 Å². The van der Waals surface area contributed by atoms with Gasteiger partial charge in [0.15, 0.2) is 5.65 Å². The first-order chi connectivity index (χ1) is 7.08. The molecule has 0 unspecified atom stereocenters. The van der Waals surface area contributed by atoms with Crippen molar-refractivity contribution >= 4 is 40.2 Å². The van der Waals surface area contributed by atoms with Crippen molar-refractivity contribution in [3.63, 3.8) is 0 Å². The second kappa shape index (κ2) is 3.64. The Morgan fingerprint density at radius 1 is 1.33 bits per heavy atom. The molecule has 2 rings (SSSR count). The van der Waals surface area contributed by atoms with Gasteiger partial charge in [-0.1, -0.05) is 23.2 Å².